The highest BCUT2D eigenvalue weighted by Gasteiger charge is 2.35. The van der Waals surface area contributed by atoms with Crippen LogP contribution in [-0.2, 0) is 19.1 Å². The zero-order valence-electron chi connectivity index (χ0n) is 12.3. The Labute approximate surface area is 128 Å². The SMILES string of the molecule is COCCN1CC(C(=O)NC(CCSC)C(=O)O)CC1=O. The zero-order chi connectivity index (χ0) is 15.8. The summed E-state index contributed by atoms with van der Waals surface area (Å²) in [6.07, 6.45) is 2.38. The average Bonchev–Trinajstić information content (AvgIpc) is 2.82. The molecule has 1 saturated heterocycles. The van der Waals surface area contributed by atoms with Crippen LogP contribution in [0.4, 0.5) is 0 Å². The highest BCUT2D eigenvalue weighted by molar-refractivity contribution is 7.98. The number of carboxylic acids is 1. The third-order valence-corrected chi connectivity index (χ3v) is 4.02. The minimum absolute atomic E-state index is 0.0943. The monoisotopic (exact) mass is 318 g/mol. The van der Waals surface area contributed by atoms with E-state index in [0.29, 0.717) is 31.9 Å². The van der Waals surface area contributed by atoms with Crippen molar-refractivity contribution in [2.45, 2.75) is 18.9 Å². The molecule has 2 atom stereocenters. The van der Waals surface area contributed by atoms with Gasteiger partial charge in [-0.3, -0.25) is 9.59 Å². The first-order chi connectivity index (χ1) is 9.99. The summed E-state index contributed by atoms with van der Waals surface area (Å²) in [5, 5.41) is 11.6. The van der Waals surface area contributed by atoms with Gasteiger partial charge in [-0.2, -0.15) is 11.8 Å². The van der Waals surface area contributed by atoms with Crippen molar-refractivity contribution in [2.75, 3.05) is 38.8 Å². The number of ether oxygens (including phenoxy) is 1. The lowest BCUT2D eigenvalue weighted by Gasteiger charge is -2.18. The molecule has 1 aliphatic heterocycles. The van der Waals surface area contributed by atoms with Crippen LogP contribution in [0.3, 0.4) is 0 Å². The molecule has 0 aromatic heterocycles. The number of carboxylic acid groups (broad SMARTS) is 1. The molecule has 0 aromatic carbocycles. The van der Waals surface area contributed by atoms with Crippen molar-refractivity contribution in [3.05, 3.63) is 0 Å². The molecule has 21 heavy (non-hydrogen) atoms. The van der Waals surface area contributed by atoms with Crippen LogP contribution in [-0.4, -0.2) is 72.6 Å². The number of hydrogen-bond donors (Lipinski definition) is 2. The van der Waals surface area contributed by atoms with Gasteiger partial charge in [-0.1, -0.05) is 0 Å². The van der Waals surface area contributed by atoms with E-state index in [1.54, 1.807) is 12.0 Å². The lowest BCUT2D eigenvalue weighted by atomic mass is 10.1. The molecule has 1 rings (SSSR count). The first-order valence-electron chi connectivity index (χ1n) is 6.78. The van der Waals surface area contributed by atoms with Crippen molar-refractivity contribution in [3.8, 4) is 0 Å². The largest absolute Gasteiger partial charge is 0.480 e. The van der Waals surface area contributed by atoms with E-state index in [4.69, 9.17) is 9.84 Å². The maximum Gasteiger partial charge on any atom is 0.326 e. The predicted molar refractivity (Wildman–Crippen MR) is 79.1 cm³/mol. The maximum atomic E-state index is 12.1. The van der Waals surface area contributed by atoms with Crippen molar-refractivity contribution in [2.24, 2.45) is 5.92 Å². The third kappa shape index (κ3) is 5.55. The maximum absolute atomic E-state index is 12.1. The van der Waals surface area contributed by atoms with Crippen LogP contribution < -0.4 is 5.32 Å². The second-order valence-corrected chi connectivity index (χ2v) is 5.90. The van der Waals surface area contributed by atoms with Gasteiger partial charge in [0.15, 0.2) is 0 Å². The lowest BCUT2D eigenvalue weighted by Crippen LogP contribution is -2.44. The standard InChI is InChI=1S/C13H22N2O5S/c1-20-5-4-15-8-9(7-11(15)16)12(17)14-10(13(18)19)3-6-21-2/h9-10H,3-8H2,1-2H3,(H,14,17)(H,18,19). The normalized spacial score (nSPS) is 19.6. The molecule has 0 spiro atoms. The fraction of sp³-hybridized carbons (Fsp3) is 0.769. The van der Waals surface area contributed by atoms with E-state index in [9.17, 15) is 14.4 Å². The van der Waals surface area contributed by atoms with Crippen molar-refractivity contribution >= 4 is 29.5 Å². The number of thioether (sulfide) groups is 1. The summed E-state index contributed by atoms with van der Waals surface area (Å²) in [7, 11) is 1.55. The van der Waals surface area contributed by atoms with Crippen LogP contribution >= 0.6 is 11.8 Å². The minimum Gasteiger partial charge on any atom is -0.480 e. The van der Waals surface area contributed by atoms with E-state index in [2.05, 4.69) is 5.32 Å². The third-order valence-electron chi connectivity index (χ3n) is 3.38. The zero-order valence-corrected chi connectivity index (χ0v) is 13.1. The summed E-state index contributed by atoms with van der Waals surface area (Å²) >= 11 is 1.53. The van der Waals surface area contributed by atoms with E-state index in [-0.39, 0.29) is 18.2 Å². The van der Waals surface area contributed by atoms with Crippen LogP contribution in [0.5, 0.6) is 0 Å². The van der Waals surface area contributed by atoms with Gasteiger partial charge < -0.3 is 20.1 Å². The van der Waals surface area contributed by atoms with Gasteiger partial charge in [-0.05, 0) is 18.4 Å². The highest BCUT2D eigenvalue weighted by atomic mass is 32.2. The van der Waals surface area contributed by atoms with E-state index >= 15 is 0 Å². The highest BCUT2D eigenvalue weighted by Crippen LogP contribution is 2.18. The van der Waals surface area contributed by atoms with Crippen LogP contribution in [0.15, 0.2) is 0 Å². The van der Waals surface area contributed by atoms with Gasteiger partial charge in [0.25, 0.3) is 0 Å². The quantitative estimate of drug-likeness (QED) is 0.611. The van der Waals surface area contributed by atoms with Gasteiger partial charge >= 0.3 is 5.97 Å². The van der Waals surface area contributed by atoms with Crippen LogP contribution in [0, 0.1) is 5.92 Å². The molecule has 2 amide bonds. The number of nitrogens with zero attached hydrogens (tertiary/aromatic N) is 1. The minimum atomic E-state index is -1.04. The molecule has 2 N–H and O–H groups in total. The molecule has 0 radical (unpaired) electrons. The van der Waals surface area contributed by atoms with E-state index < -0.39 is 17.9 Å². The number of hydrogen-bond acceptors (Lipinski definition) is 5. The fourth-order valence-electron chi connectivity index (χ4n) is 2.15. The number of methoxy groups -OCH3 is 1. The van der Waals surface area contributed by atoms with Gasteiger partial charge in [-0.15, -0.1) is 0 Å². The molecular formula is C13H22N2O5S. The molecule has 1 fully saturated rings. The van der Waals surface area contributed by atoms with Crippen LogP contribution in [0.1, 0.15) is 12.8 Å². The number of aliphatic carboxylic acids is 1. The summed E-state index contributed by atoms with van der Waals surface area (Å²) in [6.45, 7) is 1.20. The summed E-state index contributed by atoms with van der Waals surface area (Å²) < 4.78 is 4.91. The number of rotatable bonds is 9. The Bertz CT molecular complexity index is 391. The molecule has 8 heteroatoms. The number of likely N-dealkylation sites (tertiary alicyclic amines) is 1. The first kappa shape index (κ1) is 17.8. The molecular weight excluding hydrogens is 296 g/mol. The molecule has 1 aliphatic rings. The molecule has 0 saturated carbocycles. The predicted octanol–water partition coefficient (Wildman–Crippen LogP) is -0.196. The summed E-state index contributed by atoms with van der Waals surface area (Å²) in [4.78, 5) is 36.5. The number of amides is 2. The van der Waals surface area contributed by atoms with E-state index in [1.165, 1.54) is 11.8 Å². The fourth-order valence-corrected chi connectivity index (χ4v) is 2.62. The smallest absolute Gasteiger partial charge is 0.326 e. The lowest BCUT2D eigenvalue weighted by molar-refractivity contribution is -0.142. The summed E-state index contributed by atoms with van der Waals surface area (Å²) in [5.74, 6) is -1.33. The average molecular weight is 318 g/mol. The van der Waals surface area contributed by atoms with Crippen LogP contribution in [0.2, 0.25) is 0 Å². The summed E-state index contributed by atoms with van der Waals surface area (Å²) in [5.41, 5.74) is 0. The van der Waals surface area contributed by atoms with Gasteiger partial charge in [0, 0.05) is 26.6 Å². The van der Waals surface area contributed by atoms with Gasteiger partial charge in [0.1, 0.15) is 6.04 Å². The Hall–Kier alpha value is -1.28. The number of nitrogens with one attached hydrogen (secondary N) is 1. The second-order valence-electron chi connectivity index (χ2n) is 4.91. The topological polar surface area (TPSA) is 95.9 Å². The molecule has 120 valence electrons. The van der Waals surface area contributed by atoms with Crippen molar-refractivity contribution in [1.29, 1.82) is 0 Å². The molecule has 7 nitrogen and oxygen atoms in total. The first-order valence-corrected chi connectivity index (χ1v) is 8.17. The van der Waals surface area contributed by atoms with Gasteiger partial charge in [0.05, 0.1) is 12.5 Å². The molecule has 1 heterocycles. The second kappa shape index (κ2) is 8.89. The molecule has 0 aromatic rings. The Morgan fingerprint density at radius 3 is 2.86 bits per heavy atom. The number of carbonyl (C=O) groups is 3. The van der Waals surface area contributed by atoms with Crippen LogP contribution in [0.25, 0.3) is 0 Å². The Kier molecular flexibility index (Phi) is 7.52. The van der Waals surface area contributed by atoms with Crippen molar-refractivity contribution < 1.29 is 24.2 Å². The van der Waals surface area contributed by atoms with E-state index in [0.717, 1.165) is 0 Å². The molecule has 0 bridgehead atoms. The Balaban J connectivity index is 2.51. The molecule has 2 unspecified atom stereocenters. The Morgan fingerprint density at radius 1 is 1.57 bits per heavy atom. The van der Waals surface area contributed by atoms with E-state index in [1.807, 2.05) is 6.26 Å². The summed E-state index contributed by atoms with van der Waals surface area (Å²) in [6, 6.07) is -0.895. The van der Waals surface area contributed by atoms with Gasteiger partial charge in [0.2, 0.25) is 11.8 Å². The van der Waals surface area contributed by atoms with Crippen molar-refractivity contribution in [3.63, 3.8) is 0 Å². The Morgan fingerprint density at radius 2 is 2.29 bits per heavy atom. The number of carbonyl (C=O) groups excluding carboxylic acids is 2. The molecule has 0 aliphatic carbocycles. The van der Waals surface area contributed by atoms with Gasteiger partial charge in [-0.25, -0.2) is 4.79 Å². The van der Waals surface area contributed by atoms with Crippen molar-refractivity contribution in [1.82, 2.24) is 10.2 Å².